The topological polar surface area (TPSA) is 83.6 Å². The summed E-state index contributed by atoms with van der Waals surface area (Å²) in [5.41, 5.74) is 5.57. The second-order valence-electron chi connectivity index (χ2n) is 3.75. The average molecular weight is 200 g/mol. The van der Waals surface area contributed by atoms with E-state index in [2.05, 4.69) is 0 Å². The molecule has 0 spiro atoms. The van der Waals surface area contributed by atoms with Crippen LogP contribution in [-0.2, 0) is 9.59 Å². The van der Waals surface area contributed by atoms with Gasteiger partial charge in [-0.3, -0.25) is 9.59 Å². The van der Waals surface area contributed by atoms with E-state index in [4.69, 9.17) is 10.8 Å². The Kier molecular flexibility index (Phi) is 3.23. The number of Topliss-reactive ketones (excluding diaryl/α,β-unsaturated/α-hetero) is 1. The van der Waals surface area contributed by atoms with Gasteiger partial charge in [-0.05, 0) is 20.3 Å². The molecular weight excluding hydrogens is 184 g/mol. The molecule has 1 heterocycles. The van der Waals surface area contributed by atoms with Gasteiger partial charge in [0.25, 0.3) is 0 Å². The zero-order chi connectivity index (χ0) is 10.9. The number of aliphatic hydroxyl groups excluding tert-OH is 1. The maximum atomic E-state index is 11.6. The lowest BCUT2D eigenvalue weighted by molar-refractivity contribution is -0.139. The average Bonchev–Trinajstić information content (AvgIpc) is 2.32. The van der Waals surface area contributed by atoms with Gasteiger partial charge in [-0.25, -0.2) is 0 Å². The van der Waals surface area contributed by atoms with E-state index in [0.29, 0.717) is 6.42 Å². The molecule has 1 saturated heterocycles. The van der Waals surface area contributed by atoms with E-state index < -0.39 is 12.1 Å². The molecule has 0 aliphatic carbocycles. The summed E-state index contributed by atoms with van der Waals surface area (Å²) < 4.78 is 0. The fraction of sp³-hybridized carbons (Fsp3) is 0.778. The van der Waals surface area contributed by atoms with Crippen molar-refractivity contribution in [3.8, 4) is 0 Å². The van der Waals surface area contributed by atoms with Gasteiger partial charge in [0.2, 0.25) is 5.91 Å². The first-order valence-corrected chi connectivity index (χ1v) is 4.68. The minimum Gasteiger partial charge on any atom is -0.394 e. The molecule has 1 aliphatic rings. The Morgan fingerprint density at radius 2 is 2.36 bits per heavy atom. The van der Waals surface area contributed by atoms with Crippen LogP contribution in [-0.4, -0.2) is 46.4 Å². The molecule has 5 heteroatoms. The highest BCUT2D eigenvalue weighted by molar-refractivity contribution is 5.91. The predicted octanol–water partition coefficient (Wildman–Crippen LogP) is -1.12. The summed E-state index contributed by atoms with van der Waals surface area (Å²) in [6.45, 7) is 2.86. The van der Waals surface area contributed by atoms with Gasteiger partial charge in [0.1, 0.15) is 6.04 Å². The molecule has 3 N–H and O–H groups in total. The monoisotopic (exact) mass is 200 g/mol. The first-order chi connectivity index (χ1) is 6.49. The number of nitrogens with zero attached hydrogens (tertiary/aromatic N) is 1. The number of ketones is 1. The minimum absolute atomic E-state index is 0.0708. The predicted molar refractivity (Wildman–Crippen MR) is 50.5 cm³/mol. The molecule has 80 valence electrons. The van der Waals surface area contributed by atoms with Crippen LogP contribution >= 0.6 is 0 Å². The Bertz CT molecular complexity index is 254. The SMILES string of the molecule is CC(=O)[C@H](CO)N1C(=O)[C@@H](N)CC1C. The van der Waals surface area contributed by atoms with E-state index in [9.17, 15) is 9.59 Å². The fourth-order valence-electron chi connectivity index (χ4n) is 1.86. The van der Waals surface area contributed by atoms with Crippen LogP contribution in [0, 0.1) is 0 Å². The van der Waals surface area contributed by atoms with Crippen LogP contribution in [0.5, 0.6) is 0 Å². The quantitative estimate of drug-likeness (QED) is 0.604. The number of rotatable bonds is 3. The lowest BCUT2D eigenvalue weighted by Gasteiger charge is -2.28. The van der Waals surface area contributed by atoms with Gasteiger partial charge in [0.05, 0.1) is 12.6 Å². The zero-order valence-electron chi connectivity index (χ0n) is 8.43. The molecule has 3 atom stereocenters. The van der Waals surface area contributed by atoms with Crippen LogP contribution in [0.4, 0.5) is 0 Å². The van der Waals surface area contributed by atoms with E-state index in [1.807, 2.05) is 6.92 Å². The van der Waals surface area contributed by atoms with Gasteiger partial charge in [-0.2, -0.15) is 0 Å². The molecule has 14 heavy (non-hydrogen) atoms. The minimum atomic E-state index is -0.731. The molecule has 1 rings (SSSR count). The smallest absolute Gasteiger partial charge is 0.240 e. The Hall–Kier alpha value is -0.940. The van der Waals surface area contributed by atoms with Crippen molar-refractivity contribution in [2.45, 2.75) is 38.4 Å². The second kappa shape index (κ2) is 4.06. The van der Waals surface area contributed by atoms with Crippen molar-refractivity contribution >= 4 is 11.7 Å². The van der Waals surface area contributed by atoms with Crippen molar-refractivity contribution in [3.05, 3.63) is 0 Å². The number of carbonyl (C=O) groups is 2. The highest BCUT2D eigenvalue weighted by Crippen LogP contribution is 2.20. The maximum absolute atomic E-state index is 11.6. The molecule has 1 unspecified atom stereocenters. The largest absolute Gasteiger partial charge is 0.394 e. The molecule has 0 aromatic heterocycles. The lowest BCUT2D eigenvalue weighted by Crippen LogP contribution is -2.48. The van der Waals surface area contributed by atoms with Crippen molar-refractivity contribution in [1.82, 2.24) is 4.90 Å². The molecule has 5 nitrogen and oxygen atoms in total. The number of hydrogen-bond acceptors (Lipinski definition) is 4. The maximum Gasteiger partial charge on any atom is 0.240 e. The molecule has 1 fully saturated rings. The highest BCUT2D eigenvalue weighted by Gasteiger charge is 2.40. The highest BCUT2D eigenvalue weighted by atomic mass is 16.3. The first-order valence-electron chi connectivity index (χ1n) is 4.68. The van der Waals surface area contributed by atoms with Crippen LogP contribution in [0.25, 0.3) is 0 Å². The van der Waals surface area contributed by atoms with Crippen LogP contribution in [0.2, 0.25) is 0 Å². The number of hydrogen-bond donors (Lipinski definition) is 2. The standard InChI is InChI=1S/C9H16N2O3/c1-5-3-7(10)9(14)11(5)8(4-12)6(2)13/h5,7-8,12H,3-4,10H2,1-2H3/t5?,7-,8-/m0/s1. The second-order valence-corrected chi connectivity index (χ2v) is 3.75. The number of amides is 1. The van der Waals surface area contributed by atoms with Crippen molar-refractivity contribution < 1.29 is 14.7 Å². The third kappa shape index (κ3) is 1.78. The van der Waals surface area contributed by atoms with Crippen LogP contribution in [0.3, 0.4) is 0 Å². The normalized spacial score (nSPS) is 29.4. The Balaban J connectivity index is 2.84. The van der Waals surface area contributed by atoms with E-state index >= 15 is 0 Å². The van der Waals surface area contributed by atoms with Crippen molar-refractivity contribution in [3.63, 3.8) is 0 Å². The van der Waals surface area contributed by atoms with Gasteiger partial charge >= 0.3 is 0 Å². The Morgan fingerprint density at radius 3 is 2.64 bits per heavy atom. The summed E-state index contributed by atoms with van der Waals surface area (Å²) in [4.78, 5) is 24.1. The molecule has 1 amide bonds. The van der Waals surface area contributed by atoms with E-state index in [0.717, 1.165) is 0 Å². The van der Waals surface area contributed by atoms with E-state index in [1.165, 1.54) is 11.8 Å². The first kappa shape index (κ1) is 11.1. The fourth-order valence-corrected chi connectivity index (χ4v) is 1.86. The molecule has 0 aromatic rings. The van der Waals surface area contributed by atoms with Crippen LogP contribution in [0.15, 0.2) is 0 Å². The van der Waals surface area contributed by atoms with E-state index in [1.54, 1.807) is 0 Å². The summed E-state index contributed by atoms with van der Waals surface area (Å²) in [5.74, 6) is -0.450. The summed E-state index contributed by atoms with van der Waals surface area (Å²) in [6, 6.07) is -1.33. The molecule has 0 saturated carbocycles. The van der Waals surface area contributed by atoms with Gasteiger partial charge < -0.3 is 15.7 Å². The van der Waals surface area contributed by atoms with Gasteiger partial charge in [0, 0.05) is 6.04 Å². The molecule has 0 aromatic carbocycles. The molecule has 0 radical (unpaired) electrons. The van der Waals surface area contributed by atoms with Gasteiger partial charge in [0.15, 0.2) is 5.78 Å². The molecule has 0 bridgehead atoms. The number of nitrogens with two attached hydrogens (primary N) is 1. The zero-order valence-corrected chi connectivity index (χ0v) is 8.43. The van der Waals surface area contributed by atoms with Crippen molar-refractivity contribution in [1.29, 1.82) is 0 Å². The number of aliphatic hydroxyl groups is 1. The third-order valence-corrected chi connectivity index (χ3v) is 2.62. The third-order valence-electron chi connectivity index (χ3n) is 2.62. The van der Waals surface area contributed by atoms with Gasteiger partial charge in [-0.1, -0.05) is 0 Å². The molecular formula is C9H16N2O3. The number of likely N-dealkylation sites (tertiary alicyclic amines) is 1. The van der Waals surface area contributed by atoms with E-state index in [-0.39, 0.29) is 24.3 Å². The van der Waals surface area contributed by atoms with Crippen LogP contribution in [0.1, 0.15) is 20.3 Å². The number of carbonyl (C=O) groups excluding carboxylic acids is 2. The Labute approximate surface area is 82.9 Å². The summed E-state index contributed by atoms with van der Waals surface area (Å²) in [6.07, 6.45) is 0.544. The van der Waals surface area contributed by atoms with Crippen molar-refractivity contribution in [2.75, 3.05) is 6.61 Å². The lowest BCUT2D eigenvalue weighted by atomic mass is 10.1. The van der Waals surface area contributed by atoms with Crippen LogP contribution < -0.4 is 5.73 Å². The Morgan fingerprint density at radius 1 is 1.79 bits per heavy atom. The summed E-state index contributed by atoms with van der Waals surface area (Å²) >= 11 is 0. The van der Waals surface area contributed by atoms with Gasteiger partial charge in [-0.15, -0.1) is 0 Å². The summed E-state index contributed by atoms with van der Waals surface area (Å²) in [7, 11) is 0. The summed E-state index contributed by atoms with van der Waals surface area (Å²) in [5, 5.41) is 9.02. The molecule has 1 aliphatic heterocycles. The van der Waals surface area contributed by atoms with Crippen molar-refractivity contribution in [2.24, 2.45) is 5.73 Å².